The molecule has 0 aliphatic carbocycles. The first kappa shape index (κ1) is 19.6. The first-order chi connectivity index (χ1) is 12.5. The van der Waals surface area contributed by atoms with E-state index in [0.717, 1.165) is 5.56 Å². The highest BCUT2D eigenvalue weighted by Gasteiger charge is 2.22. The van der Waals surface area contributed by atoms with E-state index in [9.17, 15) is 15.0 Å². The maximum absolute atomic E-state index is 11.7. The van der Waals surface area contributed by atoms with Gasteiger partial charge in [-0.25, -0.2) is 4.79 Å². The number of ether oxygens (including phenoxy) is 2. The lowest BCUT2D eigenvalue weighted by molar-refractivity contribution is 0.0123. The second-order valence-corrected chi connectivity index (χ2v) is 5.79. The zero-order valence-electron chi connectivity index (χ0n) is 14.6. The van der Waals surface area contributed by atoms with Crippen LogP contribution in [0.5, 0.6) is 5.75 Å². The fourth-order valence-electron chi connectivity index (χ4n) is 2.43. The van der Waals surface area contributed by atoms with Gasteiger partial charge in [-0.15, -0.1) is 0 Å². The largest absolute Gasteiger partial charge is 0.496 e. The number of anilines is 1. The Hall–Kier alpha value is -2.77. The van der Waals surface area contributed by atoms with Gasteiger partial charge < -0.3 is 30.7 Å². The Labute approximate surface area is 152 Å². The molecular formula is C19H24N2O5. The number of nitrogens with one attached hydrogen (secondary N) is 1. The third-order valence-corrected chi connectivity index (χ3v) is 3.86. The maximum atomic E-state index is 11.7. The smallest absolute Gasteiger partial charge is 0.407 e. The number of hydrogen-bond acceptors (Lipinski definition) is 6. The standard InChI is InChI=1S/C19H24N2O5/c1-25-17-11-14(20)7-8-15(17)18(23)16(22)9-10-21-19(24)26-12-13-5-3-2-4-6-13/h2-8,11,16,18,22-23H,9-10,12,20H2,1H3,(H,21,24). The zero-order valence-corrected chi connectivity index (χ0v) is 14.6. The normalized spacial score (nSPS) is 12.9. The van der Waals surface area contributed by atoms with Gasteiger partial charge in [-0.1, -0.05) is 36.4 Å². The molecule has 2 atom stereocenters. The molecule has 2 rings (SSSR count). The Kier molecular flexibility index (Phi) is 7.25. The molecule has 0 fully saturated rings. The third kappa shape index (κ3) is 5.65. The van der Waals surface area contributed by atoms with Crippen LogP contribution in [0.4, 0.5) is 10.5 Å². The molecule has 7 heteroatoms. The summed E-state index contributed by atoms with van der Waals surface area (Å²) in [5, 5.41) is 23.0. The monoisotopic (exact) mass is 360 g/mol. The van der Waals surface area contributed by atoms with Crippen molar-refractivity contribution < 1.29 is 24.5 Å². The average molecular weight is 360 g/mol. The number of amides is 1. The molecule has 0 saturated carbocycles. The van der Waals surface area contributed by atoms with Gasteiger partial charge >= 0.3 is 6.09 Å². The molecule has 0 bridgehead atoms. The third-order valence-electron chi connectivity index (χ3n) is 3.86. The van der Waals surface area contributed by atoms with Crippen molar-refractivity contribution in [3.63, 3.8) is 0 Å². The van der Waals surface area contributed by atoms with Gasteiger partial charge in [0.15, 0.2) is 0 Å². The summed E-state index contributed by atoms with van der Waals surface area (Å²) in [6, 6.07) is 14.1. The minimum Gasteiger partial charge on any atom is -0.496 e. The van der Waals surface area contributed by atoms with E-state index < -0.39 is 18.3 Å². The predicted molar refractivity (Wildman–Crippen MR) is 97.6 cm³/mol. The summed E-state index contributed by atoms with van der Waals surface area (Å²) in [6.45, 7) is 0.323. The minimum absolute atomic E-state index is 0.148. The molecule has 0 heterocycles. The average Bonchev–Trinajstić information content (AvgIpc) is 2.66. The highest BCUT2D eigenvalue weighted by atomic mass is 16.5. The molecule has 2 aromatic rings. The van der Waals surface area contributed by atoms with E-state index in [1.807, 2.05) is 30.3 Å². The zero-order chi connectivity index (χ0) is 18.9. The Morgan fingerprint density at radius 3 is 2.62 bits per heavy atom. The van der Waals surface area contributed by atoms with Crippen LogP contribution in [0, 0.1) is 0 Å². The van der Waals surface area contributed by atoms with Crippen molar-refractivity contribution in [3.8, 4) is 5.75 Å². The summed E-state index contributed by atoms with van der Waals surface area (Å²) in [5.74, 6) is 0.395. The molecule has 0 saturated heterocycles. The number of aliphatic hydroxyl groups is 2. The van der Waals surface area contributed by atoms with Gasteiger partial charge in [0.05, 0.1) is 13.2 Å². The molecule has 5 N–H and O–H groups in total. The first-order valence-electron chi connectivity index (χ1n) is 8.25. The number of hydrogen-bond donors (Lipinski definition) is 4. The van der Waals surface area contributed by atoms with Crippen LogP contribution in [0.3, 0.4) is 0 Å². The van der Waals surface area contributed by atoms with Crippen LogP contribution < -0.4 is 15.8 Å². The topological polar surface area (TPSA) is 114 Å². The summed E-state index contributed by atoms with van der Waals surface area (Å²) in [7, 11) is 1.46. The molecule has 7 nitrogen and oxygen atoms in total. The Bertz CT molecular complexity index is 708. The quantitative estimate of drug-likeness (QED) is 0.535. The van der Waals surface area contributed by atoms with Crippen LogP contribution in [0.2, 0.25) is 0 Å². The van der Waals surface area contributed by atoms with E-state index in [1.165, 1.54) is 7.11 Å². The summed E-state index contributed by atoms with van der Waals surface area (Å²) in [5.41, 5.74) is 7.49. The Morgan fingerprint density at radius 1 is 1.19 bits per heavy atom. The molecule has 0 aliphatic rings. The van der Waals surface area contributed by atoms with Gasteiger partial charge in [0.2, 0.25) is 0 Å². The number of alkyl carbamates (subject to hydrolysis) is 1. The van der Waals surface area contributed by atoms with E-state index in [4.69, 9.17) is 15.2 Å². The first-order valence-corrected chi connectivity index (χ1v) is 8.25. The maximum Gasteiger partial charge on any atom is 0.407 e. The van der Waals surface area contributed by atoms with E-state index in [2.05, 4.69) is 5.32 Å². The van der Waals surface area contributed by atoms with Crippen molar-refractivity contribution in [2.45, 2.75) is 25.2 Å². The molecule has 0 aliphatic heterocycles. The number of methoxy groups -OCH3 is 1. The van der Waals surface area contributed by atoms with E-state index in [1.54, 1.807) is 18.2 Å². The van der Waals surface area contributed by atoms with Crippen LogP contribution in [-0.4, -0.2) is 36.1 Å². The van der Waals surface area contributed by atoms with E-state index >= 15 is 0 Å². The van der Waals surface area contributed by atoms with Crippen molar-refractivity contribution >= 4 is 11.8 Å². The van der Waals surface area contributed by atoms with Crippen molar-refractivity contribution in [2.75, 3.05) is 19.4 Å². The molecule has 2 unspecified atom stereocenters. The number of nitrogens with two attached hydrogens (primary N) is 1. The Balaban J connectivity index is 1.77. The van der Waals surface area contributed by atoms with Gasteiger partial charge in [-0.2, -0.15) is 0 Å². The van der Waals surface area contributed by atoms with Crippen LogP contribution in [0.15, 0.2) is 48.5 Å². The number of carbonyl (C=O) groups is 1. The fourth-order valence-corrected chi connectivity index (χ4v) is 2.43. The minimum atomic E-state index is -1.16. The molecule has 26 heavy (non-hydrogen) atoms. The van der Waals surface area contributed by atoms with E-state index in [-0.39, 0.29) is 19.6 Å². The van der Waals surface area contributed by atoms with Gasteiger partial charge in [0.25, 0.3) is 0 Å². The van der Waals surface area contributed by atoms with Gasteiger partial charge in [0.1, 0.15) is 18.5 Å². The van der Waals surface area contributed by atoms with Crippen LogP contribution in [0.1, 0.15) is 23.7 Å². The summed E-state index contributed by atoms with van der Waals surface area (Å²) in [4.78, 5) is 11.7. The molecule has 0 spiro atoms. The molecular weight excluding hydrogens is 336 g/mol. The second-order valence-electron chi connectivity index (χ2n) is 5.79. The lowest BCUT2D eigenvalue weighted by Gasteiger charge is -2.20. The molecule has 2 aromatic carbocycles. The summed E-state index contributed by atoms with van der Waals surface area (Å²) >= 11 is 0. The summed E-state index contributed by atoms with van der Waals surface area (Å²) < 4.78 is 10.2. The van der Waals surface area contributed by atoms with Gasteiger partial charge in [0, 0.05) is 23.9 Å². The SMILES string of the molecule is COc1cc(N)ccc1C(O)C(O)CCNC(=O)OCc1ccccc1. The van der Waals surface area contributed by atoms with Crippen molar-refractivity contribution in [1.82, 2.24) is 5.32 Å². The molecule has 1 amide bonds. The summed E-state index contributed by atoms with van der Waals surface area (Å²) in [6.07, 6.45) is -2.68. The number of rotatable bonds is 8. The molecule has 0 aromatic heterocycles. The highest BCUT2D eigenvalue weighted by Crippen LogP contribution is 2.30. The highest BCUT2D eigenvalue weighted by molar-refractivity contribution is 5.67. The van der Waals surface area contributed by atoms with Crippen molar-refractivity contribution in [2.24, 2.45) is 0 Å². The van der Waals surface area contributed by atoms with Crippen molar-refractivity contribution in [1.29, 1.82) is 0 Å². The number of aliphatic hydroxyl groups excluding tert-OH is 2. The molecule has 0 radical (unpaired) electrons. The van der Waals surface area contributed by atoms with Gasteiger partial charge in [-0.3, -0.25) is 0 Å². The van der Waals surface area contributed by atoms with Gasteiger partial charge in [-0.05, 0) is 18.1 Å². The predicted octanol–water partition coefficient (Wildman–Crippen LogP) is 1.99. The fraction of sp³-hybridized carbons (Fsp3) is 0.316. The lowest BCUT2D eigenvalue weighted by Crippen LogP contribution is -2.29. The van der Waals surface area contributed by atoms with Crippen molar-refractivity contribution in [3.05, 3.63) is 59.7 Å². The van der Waals surface area contributed by atoms with Crippen LogP contribution in [0.25, 0.3) is 0 Å². The van der Waals surface area contributed by atoms with Crippen LogP contribution in [-0.2, 0) is 11.3 Å². The molecule has 140 valence electrons. The van der Waals surface area contributed by atoms with E-state index in [0.29, 0.717) is 17.0 Å². The van der Waals surface area contributed by atoms with Crippen LogP contribution >= 0.6 is 0 Å². The number of nitrogen functional groups attached to an aromatic ring is 1. The number of benzene rings is 2. The number of carbonyl (C=O) groups excluding carboxylic acids is 1. The Morgan fingerprint density at radius 2 is 1.92 bits per heavy atom. The lowest BCUT2D eigenvalue weighted by atomic mass is 10.0. The second kappa shape index (κ2) is 9.65.